The second kappa shape index (κ2) is 19.3. The largest absolute Gasteiger partial charge is 0.385 e. The number of hydrogen-bond donors (Lipinski definition) is 3. The van der Waals surface area contributed by atoms with E-state index >= 15 is 8.78 Å². The Bertz CT molecular complexity index is 2620. The van der Waals surface area contributed by atoms with Gasteiger partial charge in [-0.25, -0.2) is 13.8 Å². The van der Waals surface area contributed by atoms with Crippen LogP contribution < -0.4 is 16.0 Å². The third-order valence-corrected chi connectivity index (χ3v) is 12.9. The van der Waals surface area contributed by atoms with Crippen molar-refractivity contribution in [2.24, 2.45) is 0 Å². The summed E-state index contributed by atoms with van der Waals surface area (Å²) in [7, 11) is 0. The van der Waals surface area contributed by atoms with E-state index in [1.165, 1.54) is 12.1 Å². The SMILES string of the molecule is O=C1CCC(N2C(=O)c3ccc(NCCCCCCCC(=O)N4CCC(n5cc(-c6cnc7cccc(-c8cc(F)c(CC9CNCCO9)c(F)c8)c7n6)cn5)CC4)cc3C2=O)C(=O)N1. The minimum Gasteiger partial charge on any atom is -0.385 e. The van der Waals surface area contributed by atoms with E-state index in [1.807, 2.05) is 21.8 Å². The summed E-state index contributed by atoms with van der Waals surface area (Å²) in [4.78, 5) is 75.5. The van der Waals surface area contributed by atoms with Crippen molar-refractivity contribution >= 4 is 46.3 Å². The first kappa shape index (κ1) is 43.8. The van der Waals surface area contributed by atoms with Crippen LogP contribution in [-0.2, 0) is 25.5 Å². The van der Waals surface area contributed by atoms with Crippen LogP contribution in [0.15, 0.2) is 67.1 Å². The van der Waals surface area contributed by atoms with Crippen LogP contribution in [0.25, 0.3) is 33.4 Å². The molecule has 0 spiro atoms. The number of unbranched alkanes of at least 4 members (excludes halogenated alkanes) is 4. The van der Waals surface area contributed by atoms with E-state index in [1.54, 1.807) is 42.7 Å². The van der Waals surface area contributed by atoms with Crippen molar-refractivity contribution in [3.05, 3.63) is 95.4 Å². The molecule has 3 fully saturated rings. The number of fused-ring (bicyclic) bond motifs is 2. The highest BCUT2D eigenvalue weighted by Crippen LogP contribution is 2.33. The lowest BCUT2D eigenvalue weighted by atomic mass is 9.98. The number of anilines is 1. The van der Waals surface area contributed by atoms with Gasteiger partial charge >= 0.3 is 0 Å². The van der Waals surface area contributed by atoms with Gasteiger partial charge in [0.1, 0.15) is 17.7 Å². The molecule has 9 rings (SSSR count). The summed E-state index contributed by atoms with van der Waals surface area (Å²) < 4.78 is 38.4. The Kier molecular flexibility index (Phi) is 13.0. The fourth-order valence-electron chi connectivity index (χ4n) is 9.29. The zero-order valence-electron chi connectivity index (χ0n) is 36.0. The van der Waals surface area contributed by atoms with E-state index in [-0.39, 0.29) is 54.0 Å². The second-order valence-electron chi connectivity index (χ2n) is 17.2. The topological polar surface area (TPSA) is 181 Å². The van der Waals surface area contributed by atoms with Crippen molar-refractivity contribution in [1.82, 2.24) is 40.2 Å². The summed E-state index contributed by atoms with van der Waals surface area (Å²) in [6.45, 7) is 3.75. The van der Waals surface area contributed by atoms with E-state index in [4.69, 9.17) is 9.72 Å². The Hall–Kier alpha value is -6.46. The number of imide groups is 2. The quantitative estimate of drug-likeness (QED) is 0.0831. The molecule has 3 aromatic carbocycles. The molecule has 4 aliphatic heterocycles. The van der Waals surface area contributed by atoms with Gasteiger partial charge in [-0.05, 0) is 74.1 Å². The molecule has 2 atom stereocenters. The fourth-order valence-corrected chi connectivity index (χ4v) is 9.29. The smallest absolute Gasteiger partial charge is 0.262 e. The van der Waals surface area contributed by atoms with Crippen LogP contribution in [0.1, 0.15) is 96.5 Å². The summed E-state index contributed by atoms with van der Waals surface area (Å²) in [6, 6.07) is 12.2. The van der Waals surface area contributed by atoms with E-state index in [0.29, 0.717) is 72.7 Å². The Morgan fingerprint density at radius 2 is 1.65 bits per heavy atom. The number of carbonyl (C=O) groups excluding carboxylic acids is 5. The lowest BCUT2D eigenvalue weighted by molar-refractivity contribution is -0.136. The van der Waals surface area contributed by atoms with Crippen LogP contribution in [0.4, 0.5) is 14.5 Å². The summed E-state index contributed by atoms with van der Waals surface area (Å²) in [6.07, 6.45) is 12.1. The Morgan fingerprint density at radius 1 is 0.862 bits per heavy atom. The zero-order valence-corrected chi connectivity index (χ0v) is 36.0. The number of morpholine rings is 1. The van der Waals surface area contributed by atoms with Crippen LogP contribution in [-0.4, -0.2) is 111 Å². The van der Waals surface area contributed by atoms with Crippen LogP contribution >= 0.6 is 0 Å². The number of para-hydroxylation sites is 1. The molecule has 3 saturated heterocycles. The highest BCUT2D eigenvalue weighted by molar-refractivity contribution is 6.23. The van der Waals surface area contributed by atoms with Gasteiger partial charge < -0.3 is 20.3 Å². The van der Waals surface area contributed by atoms with Crippen molar-refractivity contribution in [1.29, 1.82) is 0 Å². The summed E-state index contributed by atoms with van der Waals surface area (Å²) in [5.74, 6) is -3.18. The van der Waals surface area contributed by atoms with Gasteiger partial charge in [0, 0.05) is 80.6 Å². The molecule has 5 amide bonds. The van der Waals surface area contributed by atoms with Gasteiger partial charge in [-0.2, -0.15) is 5.10 Å². The van der Waals surface area contributed by atoms with Crippen LogP contribution in [0, 0.1) is 11.6 Å². The lowest BCUT2D eigenvalue weighted by Gasteiger charge is -2.32. The third-order valence-electron chi connectivity index (χ3n) is 12.9. The second-order valence-corrected chi connectivity index (χ2v) is 17.2. The van der Waals surface area contributed by atoms with E-state index < -0.39 is 41.3 Å². The number of benzene rings is 3. The van der Waals surface area contributed by atoms with E-state index in [0.717, 1.165) is 62.0 Å². The molecule has 5 aromatic rings. The zero-order chi connectivity index (χ0) is 45.0. The highest BCUT2D eigenvalue weighted by Gasteiger charge is 2.44. The van der Waals surface area contributed by atoms with Crippen LogP contribution in [0.3, 0.4) is 0 Å². The number of amides is 5. The summed E-state index contributed by atoms with van der Waals surface area (Å²) in [5.41, 5.74) is 4.67. The van der Waals surface area contributed by atoms with Crippen molar-refractivity contribution in [2.75, 3.05) is 44.6 Å². The van der Waals surface area contributed by atoms with Gasteiger partial charge in [0.05, 0.1) is 59.0 Å². The molecule has 6 heterocycles. The van der Waals surface area contributed by atoms with Crippen LogP contribution in [0.5, 0.6) is 0 Å². The highest BCUT2D eigenvalue weighted by atomic mass is 19.1. The molecular weight excluding hydrogens is 837 g/mol. The molecular formula is C48H51F2N9O6. The molecule has 4 aliphatic rings. The predicted molar refractivity (Wildman–Crippen MR) is 237 cm³/mol. The molecule has 0 radical (unpaired) electrons. The number of carbonyl (C=O) groups is 5. The average molecular weight is 888 g/mol. The van der Waals surface area contributed by atoms with E-state index in [2.05, 4.69) is 26.0 Å². The van der Waals surface area contributed by atoms with Gasteiger partial charge in [0.25, 0.3) is 11.8 Å². The van der Waals surface area contributed by atoms with Gasteiger partial charge in [0.2, 0.25) is 17.7 Å². The van der Waals surface area contributed by atoms with Crippen molar-refractivity contribution < 1.29 is 37.5 Å². The first-order chi connectivity index (χ1) is 31.6. The summed E-state index contributed by atoms with van der Waals surface area (Å²) in [5, 5.41) is 13.4. The molecule has 15 nitrogen and oxygen atoms in total. The number of nitrogens with zero attached hydrogens (tertiary/aromatic N) is 6. The number of piperidine rings is 2. The number of aromatic nitrogens is 4. The van der Waals surface area contributed by atoms with Gasteiger partial charge in [-0.15, -0.1) is 0 Å². The van der Waals surface area contributed by atoms with Crippen molar-refractivity contribution in [2.45, 2.75) is 88.8 Å². The minimum atomic E-state index is -0.994. The predicted octanol–water partition coefficient (Wildman–Crippen LogP) is 5.99. The maximum Gasteiger partial charge on any atom is 0.262 e. The molecule has 17 heteroatoms. The number of likely N-dealkylation sites (tertiary alicyclic amines) is 1. The first-order valence-corrected chi connectivity index (χ1v) is 22.6. The lowest BCUT2D eigenvalue weighted by Crippen LogP contribution is -2.54. The molecule has 2 unspecified atom stereocenters. The molecule has 0 aliphatic carbocycles. The third kappa shape index (κ3) is 9.52. The van der Waals surface area contributed by atoms with Gasteiger partial charge in [-0.1, -0.05) is 31.4 Å². The molecule has 65 heavy (non-hydrogen) atoms. The number of halogens is 2. The molecule has 0 saturated carbocycles. The molecule has 3 N–H and O–H groups in total. The van der Waals surface area contributed by atoms with Crippen molar-refractivity contribution in [3.63, 3.8) is 0 Å². The first-order valence-electron chi connectivity index (χ1n) is 22.6. The molecule has 0 bridgehead atoms. The number of hydrogen-bond acceptors (Lipinski definition) is 11. The van der Waals surface area contributed by atoms with Crippen molar-refractivity contribution in [3.8, 4) is 22.4 Å². The van der Waals surface area contributed by atoms with E-state index in [9.17, 15) is 24.0 Å². The Balaban J connectivity index is 0.705. The van der Waals surface area contributed by atoms with Crippen LogP contribution in [0.2, 0.25) is 0 Å². The molecule has 2 aromatic heterocycles. The minimum absolute atomic E-state index is 0.00739. The normalized spacial score (nSPS) is 19.2. The average Bonchev–Trinajstić information content (AvgIpc) is 3.91. The van der Waals surface area contributed by atoms with Gasteiger partial charge in [0.15, 0.2) is 0 Å². The maximum atomic E-state index is 15.4. The van der Waals surface area contributed by atoms with Gasteiger partial charge in [-0.3, -0.25) is 43.9 Å². The maximum absolute atomic E-state index is 15.4. The number of ether oxygens (including phenoxy) is 1. The Morgan fingerprint density at radius 3 is 2.43 bits per heavy atom. The summed E-state index contributed by atoms with van der Waals surface area (Å²) >= 11 is 0. The standard InChI is InChI=1S/C48H51F2N9O6/c49-38-21-29(22-39(50)37(38)24-33-26-51-17-20-65-33)34-7-6-8-40-45(34)55-41(27-53-40)30-25-54-58(28-30)32-14-18-57(19-15-32)44(61)9-4-2-1-3-5-16-52-31-10-11-35-36(23-31)48(64)59(47(35)63)42-12-13-43(60)56-46(42)62/h6-8,10-11,21-23,25,27-28,32-33,42,51-52H,1-5,9,12-20,24,26H2,(H,56,60,62). The monoisotopic (exact) mass is 887 g/mol. The number of nitrogens with one attached hydrogen (secondary N) is 3. The number of rotatable bonds is 15. The molecule has 338 valence electrons. The fraction of sp³-hybridized carbons (Fsp3) is 0.417. The Labute approximate surface area is 374 Å².